The van der Waals surface area contributed by atoms with Gasteiger partial charge in [0.15, 0.2) is 0 Å². The summed E-state index contributed by atoms with van der Waals surface area (Å²) in [4.78, 5) is 28.3. The molecule has 3 heterocycles. The molecule has 1 saturated carbocycles. The van der Waals surface area contributed by atoms with Crippen LogP contribution in [0.3, 0.4) is 0 Å². The van der Waals surface area contributed by atoms with Gasteiger partial charge in [0.1, 0.15) is 4.83 Å². The van der Waals surface area contributed by atoms with Crippen LogP contribution in [-0.2, 0) is 6.42 Å². The van der Waals surface area contributed by atoms with Crippen LogP contribution in [0, 0.1) is 12.3 Å². The highest BCUT2D eigenvalue weighted by molar-refractivity contribution is 7.20. The third-order valence-corrected chi connectivity index (χ3v) is 8.36. The molecule has 5 rings (SSSR count). The maximum atomic E-state index is 13.1. The fourth-order valence-corrected chi connectivity index (χ4v) is 6.54. The average molecular weight is 481 g/mol. The van der Waals surface area contributed by atoms with Crippen LogP contribution in [-0.4, -0.2) is 32.9 Å². The molecule has 0 saturated heterocycles. The molecule has 0 spiro atoms. The summed E-state index contributed by atoms with van der Waals surface area (Å²) in [6, 6.07) is 7.74. The molecule has 2 N–H and O–H groups in total. The second kappa shape index (κ2) is 8.41. The minimum atomic E-state index is -0.942. The van der Waals surface area contributed by atoms with Crippen molar-refractivity contribution in [3.8, 4) is 0 Å². The first-order valence-corrected chi connectivity index (χ1v) is 12.9. The van der Waals surface area contributed by atoms with E-state index in [1.165, 1.54) is 35.5 Å². The summed E-state index contributed by atoms with van der Waals surface area (Å²) in [7, 11) is 0. The van der Waals surface area contributed by atoms with Gasteiger partial charge in [-0.3, -0.25) is 14.4 Å². The molecule has 3 aromatic rings. The molecule has 1 unspecified atom stereocenters. The van der Waals surface area contributed by atoms with Crippen LogP contribution < -0.4 is 10.2 Å². The summed E-state index contributed by atoms with van der Waals surface area (Å²) in [5.74, 6) is -0.142. The standard InChI is InChI=1S/C26H32N4O3S/c1-15-19-14-21(34-24(19)30(28-15)18-8-6-5-7-9-18)23(31)27-17-10-11-20-16(12-17)13-22(26(2,3)4)29(20)25(32)33/h10-12,14,18,22H,5-9,13H2,1-4H3,(H,27,31)(H,32,33). The van der Waals surface area contributed by atoms with Crippen molar-refractivity contribution < 1.29 is 14.7 Å². The first-order chi connectivity index (χ1) is 16.1. The van der Waals surface area contributed by atoms with E-state index >= 15 is 0 Å². The predicted molar refractivity (Wildman–Crippen MR) is 136 cm³/mol. The first kappa shape index (κ1) is 22.9. The van der Waals surface area contributed by atoms with Gasteiger partial charge in [-0.15, -0.1) is 11.3 Å². The van der Waals surface area contributed by atoms with E-state index < -0.39 is 6.09 Å². The van der Waals surface area contributed by atoms with Crippen LogP contribution in [0.4, 0.5) is 16.2 Å². The van der Waals surface area contributed by atoms with Crippen molar-refractivity contribution in [3.05, 3.63) is 40.4 Å². The molecule has 2 amide bonds. The van der Waals surface area contributed by atoms with Crippen molar-refractivity contribution >= 4 is 44.9 Å². The minimum absolute atomic E-state index is 0.140. The molecule has 1 aliphatic carbocycles. The Morgan fingerprint density at radius 1 is 1.15 bits per heavy atom. The lowest BCUT2D eigenvalue weighted by molar-refractivity contribution is 0.103. The molecule has 1 fully saturated rings. The fourth-order valence-electron chi connectivity index (χ4n) is 5.41. The molecule has 1 atom stereocenters. The van der Waals surface area contributed by atoms with E-state index in [2.05, 4.69) is 30.8 Å². The van der Waals surface area contributed by atoms with Crippen molar-refractivity contribution in [2.45, 2.75) is 78.3 Å². The Labute approximate surface area is 203 Å². The fraction of sp³-hybridized carbons (Fsp3) is 0.500. The predicted octanol–water partition coefficient (Wildman–Crippen LogP) is 6.62. The van der Waals surface area contributed by atoms with E-state index in [1.54, 1.807) is 12.1 Å². The molecular weight excluding hydrogens is 448 g/mol. The van der Waals surface area contributed by atoms with Crippen LogP contribution in [0.25, 0.3) is 10.2 Å². The number of aromatic nitrogens is 2. The number of nitrogens with zero attached hydrogens (tertiary/aromatic N) is 3. The maximum Gasteiger partial charge on any atom is 0.412 e. The van der Waals surface area contributed by atoms with E-state index in [-0.39, 0.29) is 17.4 Å². The Kier molecular flexibility index (Phi) is 5.67. The molecule has 2 aliphatic rings. The zero-order chi connectivity index (χ0) is 24.2. The highest BCUT2D eigenvalue weighted by atomic mass is 32.1. The summed E-state index contributed by atoms with van der Waals surface area (Å²) in [5.41, 5.74) is 3.11. The highest BCUT2D eigenvalue weighted by Crippen LogP contribution is 2.41. The third kappa shape index (κ3) is 3.98. The Morgan fingerprint density at radius 2 is 1.88 bits per heavy atom. The summed E-state index contributed by atoms with van der Waals surface area (Å²) in [5, 5.41) is 18.7. The molecule has 7 nitrogen and oxygen atoms in total. The molecule has 34 heavy (non-hydrogen) atoms. The average Bonchev–Trinajstić information content (AvgIpc) is 3.46. The lowest BCUT2D eigenvalue weighted by Gasteiger charge is -2.33. The smallest absolute Gasteiger partial charge is 0.412 e. The SMILES string of the molecule is Cc1nn(C2CCCCC2)c2sc(C(=O)Nc3ccc4c(c3)CC(C(C)(C)C)N4C(=O)O)cc12. The van der Waals surface area contributed by atoms with Crippen LogP contribution in [0.2, 0.25) is 0 Å². The number of carboxylic acid groups (broad SMARTS) is 1. The zero-order valence-electron chi connectivity index (χ0n) is 20.2. The Morgan fingerprint density at radius 3 is 2.56 bits per heavy atom. The van der Waals surface area contributed by atoms with Crippen molar-refractivity contribution in [2.75, 3.05) is 10.2 Å². The van der Waals surface area contributed by atoms with Crippen LogP contribution in [0.5, 0.6) is 0 Å². The minimum Gasteiger partial charge on any atom is -0.465 e. The van der Waals surface area contributed by atoms with Gasteiger partial charge in [0.25, 0.3) is 5.91 Å². The topological polar surface area (TPSA) is 87.5 Å². The number of nitrogens with one attached hydrogen (secondary N) is 1. The second-order valence-corrected chi connectivity index (χ2v) is 11.7. The number of hydrogen-bond donors (Lipinski definition) is 2. The summed E-state index contributed by atoms with van der Waals surface area (Å²) < 4.78 is 2.15. The normalized spacial score (nSPS) is 18.9. The van der Waals surface area contributed by atoms with Gasteiger partial charge in [0.2, 0.25) is 0 Å². The van der Waals surface area contributed by atoms with Crippen molar-refractivity contribution in [2.24, 2.45) is 5.41 Å². The molecule has 180 valence electrons. The number of fused-ring (bicyclic) bond motifs is 2. The van der Waals surface area contributed by atoms with E-state index in [0.29, 0.717) is 28.7 Å². The number of benzene rings is 1. The highest BCUT2D eigenvalue weighted by Gasteiger charge is 2.40. The third-order valence-electron chi connectivity index (χ3n) is 7.24. The summed E-state index contributed by atoms with van der Waals surface area (Å²) in [6.07, 6.45) is 5.74. The number of anilines is 2. The van der Waals surface area contributed by atoms with Gasteiger partial charge in [-0.1, -0.05) is 40.0 Å². The quantitative estimate of drug-likeness (QED) is 0.441. The monoisotopic (exact) mass is 480 g/mol. The van der Waals surface area contributed by atoms with Crippen molar-refractivity contribution in [1.82, 2.24) is 9.78 Å². The summed E-state index contributed by atoms with van der Waals surface area (Å²) >= 11 is 1.50. The van der Waals surface area contributed by atoms with E-state index in [0.717, 1.165) is 34.3 Å². The number of thiophene rings is 1. The molecule has 1 aliphatic heterocycles. The number of hydrogen-bond acceptors (Lipinski definition) is 4. The van der Waals surface area contributed by atoms with Gasteiger partial charge in [-0.05, 0) is 61.4 Å². The molecule has 0 bridgehead atoms. The van der Waals surface area contributed by atoms with E-state index in [9.17, 15) is 14.7 Å². The van der Waals surface area contributed by atoms with Crippen molar-refractivity contribution in [3.63, 3.8) is 0 Å². The number of rotatable bonds is 3. The molecule has 1 aromatic carbocycles. The van der Waals surface area contributed by atoms with Gasteiger partial charge in [-0.25, -0.2) is 4.79 Å². The second-order valence-electron chi connectivity index (χ2n) is 10.7. The van der Waals surface area contributed by atoms with Gasteiger partial charge < -0.3 is 10.4 Å². The van der Waals surface area contributed by atoms with E-state index in [1.807, 2.05) is 19.1 Å². The maximum absolute atomic E-state index is 13.1. The largest absolute Gasteiger partial charge is 0.465 e. The van der Waals surface area contributed by atoms with Crippen molar-refractivity contribution in [1.29, 1.82) is 0 Å². The number of carbonyl (C=O) groups excluding carboxylic acids is 1. The number of aryl methyl sites for hydroxylation is 1. The lowest BCUT2D eigenvalue weighted by atomic mass is 9.84. The van der Waals surface area contributed by atoms with Crippen LogP contribution in [0.15, 0.2) is 24.3 Å². The Hall–Kier alpha value is -2.87. The Bertz CT molecular complexity index is 1260. The van der Waals surface area contributed by atoms with E-state index in [4.69, 9.17) is 5.10 Å². The van der Waals surface area contributed by atoms with Crippen LogP contribution in [0.1, 0.15) is 79.8 Å². The Balaban J connectivity index is 1.39. The van der Waals surface area contributed by atoms with Gasteiger partial charge in [0.05, 0.1) is 22.3 Å². The molecule has 2 aromatic heterocycles. The first-order valence-electron chi connectivity index (χ1n) is 12.1. The van der Waals surface area contributed by atoms with Gasteiger partial charge in [-0.2, -0.15) is 5.10 Å². The van der Waals surface area contributed by atoms with Gasteiger partial charge >= 0.3 is 6.09 Å². The zero-order valence-corrected chi connectivity index (χ0v) is 21.0. The molecular formula is C26H32N4O3S. The lowest BCUT2D eigenvalue weighted by Crippen LogP contribution is -2.44. The van der Waals surface area contributed by atoms with Crippen LogP contribution >= 0.6 is 11.3 Å². The number of amides is 2. The molecule has 0 radical (unpaired) electrons. The summed E-state index contributed by atoms with van der Waals surface area (Å²) in [6.45, 7) is 8.18. The van der Waals surface area contributed by atoms with Gasteiger partial charge in [0, 0.05) is 17.1 Å². The molecule has 8 heteroatoms. The number of carbonyl (C=O) groups is 2.